The van der Waals surface area contributed by atoms with E-state index in [2.05, 4.69) is 10.6 Å². The van der Waals surface area contributed by atoms with Gasteiger partial charge < -0.3 is 50.2 Å². The molecule has 2 amide bonds. The first-order chi connectivity index (χ1) is 21.7. The third-order valence-corrected chi connectivity index (χ3v) is 6.67. The molecule has 0 saturated heterocycles. The van der Waals surface area contributed by atoms with Gasteiger partial charge in [0.25, 0.3) is 0 Å². The van der Waals surface area contributed by atoms with E-state index in [-0.39, 0.29) is 33.2 Å². The summed E-state index contributed by atoms with van der Waals surface area (Å²) >= 11 is 0. The van der Waals surface area contributed by atoms with Gasteiger partial charge in [0.15, 0.2) is 0 Å². The molecule has 15 heteroatoms. The Labute approximate surface area is 287 Å². The number of nitrogens with zero attached hydrogens (tertiary/aromatic N) is 2. The second-order valence-electron chi connectivity index (χ2n) is 10.2. The minimum Gasteiger partial charge on any atom is -0.549 e. The molecule has 0 saturated carbocycles. The molecule has 0 spiro atoms. The number of para-hydroxylation sites is 2. The summed E-state index contributed by atoms with van der Waals surface area (Å²) in [4.78, 5) is 68.7. The van der Waals surface area contributed by atoms with Crippen LogP contribution in [0, 0.1) is 0 Å². The third kappa shape index (κ3) is 16.3. The Kier molecular flexibility index (Phi) is 20.4. The fraction of sp³-hybridized carbons (Fsp3) is 0.438. The number of benzene rings is 2. The fourth-order valence-corrected chi connectivity index (χ4v) is 4.64. The van der Waals surface area contributed by atoms with Gasteiger partial charge in [0.1, 0.15) is 0 Å². The van der Waals surface area contributed by atoms with Crippen LogP contribution >= 0.6 is 0 Å². The van der Waals surface area contributed by atoms with Crippen molar-refractivity contribution in [2.24, 2.45) is 0 Å². The van der Waals surface area contributed by atoms with Crippen LogP contribution in [-0.2, 0) is 74.6 Å². The molecule has 2 rings (SSSR count). The molecule has 2 aromatic carbocycles. The second-order valence-corrected chi connectivity index (χ2v) is 10.2. The van der Waals surface area contributed by atoms with E-state index in [1.807, 2.05) is 64.1 Å². The number of anilines is 2. The first kappa shape index (κ1) is 42.8. The molecule has 0 atom stereocenters. The topological polar surface area (TPSA) is 225 Å². The zero-order chi connectivity index (χ0) is 34.8. The Morgan fingerprint density at radius 3 is 0.915 bits per heavy atom. The maximum atomic E-state index is 12.1. The predicted octanol–water partition coefficient (Wildman–Crippen LogP) is -2.90. The number of carboxylic acid groups (broad SMARTS) is 4. The molecular weight excluding hydrogens is 699 g/mol. The van der Waals surface area contributed by atoms with E-state index in [4.69, 9.17) is 0 Å². The standard InChI is InChI=1S/2C16H22N2O5.Tc/c2*1-3-11-6-5-7-12(4-2)16(11)17-13(19)8-18(9-14(20)21)10-15(22)23;/h2*5-7H,3-4,8-10H2,1-2H3,(H,17,19)(H,20,21)(H,22,23);/p-4/i;;1+1. The first-order valence-corrected chi connectivity index (χ1v) is 14.8. The summed E-state index contributed by atoms with van der Waals surface area (Å²) in [5.41, 5.74) is 5.25. The van der Waals surface area contributed by atoms with E-state index in [0.29, 0.717) is 11.4 Å². The molecule has 0 heterocycles. The summed E-state index contributed by atoms with van der Waals surface area (Å²) in [6.45, 7) is 4.48. The molecule has 0 aromatic heterocycles. The first-order valence-electron chi connectivity index (χ1n) is 14.8. The quantitative estimate of drug-likeness (QED) is 0.157. The Bertz CT molecular complexity index is 1210. The molecule has 0 fully saturated rings. The smallest absolute Gasteiger partial charge is 0.238 e. The van der Waals surface area contributed by atoms with Crippen molar-refractivity contribution < 1.29 is 69.3 Å². The number of amides is 2. The van der Waals surface area contributed by atoms with Crippen molar-refractivity contribution in [3.63, 3.8) is 0 Å². The number of hydrogen-bond donors (Lipinski definition) is 2. The molecule has 0 bridgehead atoms. The van der Waals surface area contributed by atoms with Crippen LogP contribution in [0.25, 0.3) is 0 Å². The Balaban J connectivity index is 0.000000882. The van der Waals surface area contributed by atoms with E-state index in [1.54, 1.807) is 0 Å². The van der Waals surface area contributed by atoms with Gasteiger partial charge in [-0.1, -0.05) is 64.1 Å². The number of aryl methyl sites for hydroxylation is 4. The number of hydrogen-bond acceptors (Lipinski definition) is 12. The van der Waals surface area contributed by atoms with E-state index in [1.165, 1.54) is 0 Å². The van der Waals surface area contributed by atoms with Gasteiger partial charge >= 0.3 is 0 Å². The van der Waals surface area contributed by atoms with Crippen molar-refractivity contribution in [1.29, 1.82) is 0 Å². The largest absolute Gasteiger partial charge is 0.549 e. The van der Waals surface area contributed by atoms with Crippen molar-refractivity contribution in [1.82, 2.24) is 9.80 Å². The van der Waals surface area contributed by atoms with Crippen LogP contribution in [0.1, 0.15) is 49.9 Å². The summed E-state index contributed by atoms with van der Waals surface area (Å²) in [6.07, 6.45) is 2.91. The number of carbonyl (C=O) groups excluding carboxylic acids is 6. The molecule has 2 N–H and O–H groups in total. The van der Waals surface area contributed by atoms with Crippen molar-refractivity contribution in [3.05, 3.63) is 58.7 Å². The third-order valence-electron chi connectivity index (χ3n) is 6.67. The Morgan fingerprint density at radius 1 is 0.489 bits per heavy atom. The van der Waals surface area contributed by atoms with E-state index in [9.17, 15) is 49.2 Å². The van der Waals surface area contributed by atoms with Crippen molar-refractivity contribution >= 4 is 47.1 Å². The van der Waals surface area contributed by atoms with Crippen molar-refractivity contribution in [3.8, 4) is 0 Å². The molecule has 47 heavy (non-hydrogen) atoms. The predicted molar refractivity (Wildman–Crippen MR) is 161 cm³/mol. The SMILES string of the molecule is CCc1cccc(CC)c1NC(=O)CN(CC(=O)[O-])CC(=O)[O-].CCc1cccc(CC)c1NC(=O)CN(CC(=O)[O-])CC(=O)[O-].[99Tc]. The molecule has 0 aliphatic carbocycles. The molecule has 0 aliphatic rings. The molecule has 14 nitrogen and oxygen atoms in total. The van der Waals surface area contributed by atoms with Gasteiger partial charge in [-0.3, -0.25) is 19.4 Å². The summed E-state index contributed by atoms with van der Waals surface area (Å²) in [6, 6.07) is 11.4. The van der Waals surface area contributed by atoms with Gasteiger partial charge in [0.05, 0.1) is 37.0 Å². The van der Waals surface area contributed by atoms with Gasteiger partial charge in [-0.15, -0.1) is 0 Å². The van der Waals surface area contributed by atoms with Crippen LogP contribution in [0.4, 0.5) is 11.4 Å². The van der Waals surface area contributed by atoms with Crippen LogP contribution in [0.3, 0.4) is 0 Å². The zero-order valence-electron chi connectivity index (χ0n) is 26.9. The summed E-state index contributed by atoms with van der Waals surface area (Å²) in [5.74, 6) is -6.79. The molecule has 0 unspecified atom stereocenters. The second kappa shape index (κ2) is 22.4. The monoisotopic (exact) mass is 739 g/mol. The number of aliphatic carboxylic acids is 4. The van der Waals surface area contributed by atoms with E-state index < -0.39 is 61.9 Å². The van der Waals surface area contributed by atoms with Crippen LogP contribution in [0.5, 0.6) is 0 Å². The van der Waals surface area contributed by atoms with E-state index >= 15 is 0 Å². The average Bonchev–Trinajstić information content (AvgIpc) is 2.96. The number of carboxylic acids is 4. The summed E-state index contributed by atoms with van der Waals surface area (Å²) in [5, 5.41) is 48.0. The Morgan fingerprint density at radius 2 is 0.723 bits per heavy atom. The van der Waals surface area contributed by atoms with Gasteiger partial charge in [0, 0.05) is 57.7 Å². The fourth-order valence-electron chi connectivity index (χ4n) is 4.64. The zero-order valence-corrected chi connectivity index (χ0v) is 28.7. The maximum Gasteiger partial charge on any atom is 0.238 e. The molecule has 1 radical (unpaired) electrons. The summed E-state index contributed by atoms with van der Waals surface area (Å²) in [7, 11) is 0. The molecule has 2 aromatic rings. The number of carbonyl (C=O) groups is 6. The molecule has 259 valence electrons. The van der Waals surface area contributed by atoms with Gasteiger partial charge in [-0.05, 0) is 47.9 Å². The normalized spacial score (nSPS) is 10.3. The number of rotatable bonds is 18. The van der Waals surface area contributed by atoms with Crippen LogP contribution in [0.15, 0.2) is 36.4 Å². The molecular formula is C32H40N4O10Tc-4. The van der Waals surface area contributed by atoms with Crippen molar-refractivity contribution in [2.75, 3.05) is 49.9 Å². The summed E-state index contributed by atoms with van der Waals surface area (Å²) < 4.78 is 0. The number of nitrogens with one attached hydrogen (secondary N) is 2. The van der Waals surface area contributed by atoms with Gasteiger partial charge in [0.2, 0.25) is 11.8 Å². The van der Waals surface area contributed by atoms with Gasteiger partial charge in [-0.25, -0.2) is 0 Å². The van der Waals surface area contributed by atoms with Crippen molar-refractivity contribution in [2.45, 2.75) is 53.4 Å². The van der Waals surface area contributed by atoms with Gasteiger partial charge in [-0.2, -0.15) is 0 Å². The Hall–Kier alpha value is -4.17. The van der Waals surface area contributed by atoms with Crippen LogP contribution < -0.4 is 31.1 Å². The minimum absolute atomic E-state index is 0. The van der Waals surface area contributed by atoms with Crippen LogP contribution in [0.2, 0.25) is 0 Å². The minimum atomic E-state index is -1.46. The average molecular weight is 740 g/mol. The van der Waals surface area contributed by atoms with E-state index in [0.717, 1.165) is 57.7 Å². The maximum absolute atomic E-state index is 12.1. The van der Waals surface area contributed by atoms with Crippen LogP contribution in [-0.4, -0.2) is 84.8 Å². The molecule has 0 aliphatic heterocycles.